The van der Waals surface area contributed by atoms with Gasteiger partial charge in [0.15, 0.2) is 0 Å². The number of anilines is 1. The minimum absolute atomic E-state index is 0.0739. The summed E-state index contributed by atoms with van der Waals surface area (Å²) in [7, 11) is 0. The lowest BCUT2D eigenvalue weighted by Gasteiger charge is -2.36. The summed E-state index contributed by atoms with van der Waals surface area (Å²) < 4.78 is 13.8. The van der Waals surface area contributed by atoms with Crippen molar-refractivity contribution in [1.29, 1.82) is 0 Å². The van der Waals surface area contributed by atoms with Gasteiger partial charge in [-0.25, -0.2) is 14.0 Å². The van der Waals surface area contributed by atoms with Crippen molar-refractivity contribution >= 4 is 17.7 Å². The number of hydrogen-bond donors (Lipinski definition) is 1. The monoisotopic (exact) mass is 410 g/mol. The molecule has 0 aliphatic carbocycles. The van der Waals surface area contributed by atoms with E-state index in [1.54, 1.807) is 23.1 Å². The summed E-state index contributed by atoms with van der Waals surface area (Å²) in [6, 6.07) is 14.3. The lowest BCUT2D eigenvalue weighted by Crippen LogP contribution is -2.49. The van der Waals surface area contributed by atoms with Crippen molar-refractivity contribution in [2.24, 2.45) is 0 Å². The highest BCUT2D eigenvalue weighted by Crippen LogP contribution is 2.23. The van der Waals surface area contributed by atoms with Crippen LogP contribution in [0.5, 0.6) is 0 Å². The molecule has 2 aliphatic rings. The number of nitrogens with zero attached hydrogens (tertiary/aromatic N) is 3. The van der Waals surface area contributed by atoms with Crippen LogP contribution in [-0.4, -0.2) is 59.0 Å². The van der Waals surface area contributed by atoms with Crippen molar-refractivity contribution in [1.82, 2.24) is 14.7 Å². The number of piperidine rings is 1. The van der Waals surface area contributed by atoms with Gasteiger partial charge in [0.25, 0.3) is 0 Å². The summed E-state index contributed by atoms with van der Waals surface area (Å²) in [6.07, 6.45) is 1.46. The molecule has 6 nitrogen and oxygen atoms in total. The van der Waals surface area contributed by atoms with Crippen LogP contribution in [0.2, 0.25) is 0 Å². The van der Waals surface area contributed by atoms with Gasteiger partial charge < -0.3 is 20.0 Å². The largest absolute Gasteiger partial charge is 0.324 e. The Morgan fingerprint density at radius 2 is 1.73 bits per heavy atom. The first-order valence-corrected chi connectivity index (χ1v) is 10.4. The van der Waals surface area contributed by atoms with Crippen LogP contribution in [-0.2, 0) is 6.54 Å². The van der Waals surface area contributed by atoms with Crippen molar-refractivity contribution < 1.29 is 14.0 Å². The molecule has 0 atom stereocenters. The first kappa shape index (κ1) is 20.2. The number of carbonyl (C=O) groups is 2. The molecule has 2 aromatic rings. The number of aryl methyl sites for hydroxylation is 1. The predicted molar refractivity (Wildman–Crippen MR) is 114 cm³/mol. The van der Waals surface area contributed by atoms with Crippen LogP contribution >= 0.6 is 0 Å². The first-order valence-electron chi connectivity index (χ1n) is 10.4. The number of hydrogen-bond acceptors (Lipinski definition) is 2. The van der Waals surface area contributed by atoms with E-state index in [0.29, 0.717) is 19.6 Å². The molecule has 2 aromatic carbocycles. The molecule has 0 saturated carbocycles. The van der Waals surface area contributed by atoms with Crippen LogP contribution in [0.25, 0.3) is 0 Å². The number of urea groups is 2. The smallest absolute Gasteiger partial charge is 0.321 e. The maximum absolute atomic E-state index is 13.8. The van der Waals surface area contributed by atoms with Crippen LogP contribution in [0.15, 0.2) is 48.5 Å². The van der Waals surface area contributed by atoms with Gasteiger partial charge in [0.05, 0.1) is 5.69 Å². The van der Waals surface area contributed by atoms with Crippen LogP contribution in [0.1, 0.15) is 24.0 Å². The molecule has 2 heterocycles. The molecule has 2 fully saturated rings. The maximum atomic E-state index is 13.8. The zero-order valence-electron chi connectivity index (χ0n) is 17.2. The van der Waals surface area contributed by atoms with Crippen LogP contribution in [0.3, 0.4) is 0 Å². The second kappa shape index (κ2) is 8.73. The highest BCUT2D eigenvalue weighted by Gasteiger charge is 2.36. The van der Waals surface area contributed by atoms with Gasteiger partial charge >= 0.3 is 12.1 Å². The summed E-state index contributed by atoms with van der Waals surface area (Å²) in [5.74, 6) is -0.447. The van der Waals surface area contributed by atoms with Crippen molar-refractivity contribution in [3.63, 3.8) is 0 Å². The van der Waals surface area contributed by atoms with Crippen molar-refractivity contribution in [2.75, 3.05) is 31.5 Å². The average molecular weight is 410 g/mol. The van der Waals surface area contributed by atoms with Crippen LogP contribution in [0, 0.1) is 12.7 Å². The van der Waals surface area contributed by atoms with Gasteiger partial charge in [-0.2, -0.15) is 0 Å². The zero-order chi connectivity index (χ0) is 21.1. The molecule has 7 heteroatoms. The average Bonchev–Trinajstić information content (AvgIpc) is 3.11. The Hall–Kier alpha value is -3.09. The summed E-state index contributed by atoms with van der Waals surface area (Å²) in [5.41, 5.74) is 2.53. The summed E-state index contributed by atoms with van der Waals surface area (Å²) >= 11 is 0. The maximum Gasteiger partial charge on any atom is 0.321 e. The molecular formula is C23H27FN4O2. The van der Waals surface area contributed by atoms with Crippen LogP contribution in [0.4, 0.5) is 19.7 Å². The van der Waals surface area contributed by atoms with E-state index in [9.17, 15) is 14.0 Å². The number of nitrogens with one attached hydrogen (secondary N) is 1. The Labute approximate surface area is 176 Å². The lowest BCUT2D eigenvalue weighted by atomic mass is 10.0. The van der Waals surface area contributed by atoms with Crippen molar-refractivity contribution in [2.45, 2.75) is 32.4 Å². The number of amides is 4. The van der Waals surface area contributed by atoms with Crippen LogP contribution < -0.4 is 5.32 Å². The highest BCUT2D eigenvalue weighted by molar-refractivity contribution is 5.89. The Morgan fingerprint density at radius 3 is 2.43 bits per heavy atom. The van der Waals surface area contributed by atoms with E-state index in [1.807, 2.05) is 9.80 Å². The minimum Gasteiger partial charge on any atom is -0.324 e. The first-order chi connectivity index (χ1) is 14.5. The lowest BCUT2D eigenvalue weighted by molar-refractivity contribution is 0.139. The van der Waals surface area contributed by atoms with Gasteiger partial charge in [-0.3, -0.25) is 0 Å². The van der Waals surface area contributed by atoms with Gasteiger partial charge in [0, 0.05) is 38.8 Å². The van der Waals surface area contributed by atoms with E-state index < -0.39 is 5.82 Å². The van der Waals surface area contributed by atoms with E-state index in [2.05, 4.69) is 36.5 Å². The Morgan fingerprint density at radius 1 is 1.03 bits per heavy atom. The number of para-hydroxylation sites is 1. The molecule has 0 radical (unpaired) electrons. The Balaban J connectivity index is 1.29. The fourth-order valence-corrected chi connectivity index (χ4v) is 4.14. The summed E-state index contributed by atoms with van der Waals surface area (Å²) in [5, 5.41) is 2.63. The van der Waals surface area contributed by atoms with E-state index >= 15 is 0 Å². The van der Waals surface area contributed by atoms with Gasteiger partial charge in [-0.15, -0.1) is 0 Å². The molecule has 0 aromatic heterocycles. The molecule has 2 saturated heterocycles. The molecule has 4 rings (SSSR count). The van der Waals surface area contributed by atoms with Gasteiger partial charge in [-0.1, -0.05) is 42.0 Å². The Kier molecular flexibility index (Phi) is 5.88. The van der Waals surface area contributed by atoms with Crippen molar-refractivity contribution in [3.05, 3.63) is 65.5 Å². The molecule has 2 aliphatic heterocycles. The van der Waals surface area contributed by atoms with Gasteiger partial charge in [0.2, 0.25) is 0 Å². The third-order valence-corrected chi connectivity index (χ3v) is 5.93. The van der Waals surface area contributed by atoms with Crippen molar-refractivity contribution in [3.8, 4) is 0 Å². The highest BCUT2D eigenvalue weighted by atomic mass is 19.1. The standard InChI is InChI=1S/C23H27FN4O2/c1-17-6-8-18(9-7-17)16-27-14-15-28(23(27)30)19-10-12-26(13-11-19)22(29)25-21-5-3-2-4-20(21)24/h2-9,19H,10-16H2,1H3,(H,25,29). The predicted octanol–water partition coefficient (Wildman–Crippen LogP) is 4.07. The Bertz CT molecular complexity index is 910. The molecule has 0 bridgehead atoms. The molecular weight excluding hydrogens is 383 g/mol. The second-order valence-electron chi connectivity index (χ2n) is 8.01. The third kappa shape index (κ3) is 4.40. The molecule has 158 valence electrons. The third-order valence-electron chi connectivity index (χ3n) is 5.93. The normalized spacial score (nSPS) is 17.5. The second-order valence-corrected chi connectivity index (χ2v) is 8.01. The summed E-state index contributed by atoms with van der Waals surface area (Å²) in [6.45, 7) is 5.21. The SMILES string of the molecule is Cc1ccc(CN2CCN(C3CCN(C(=O)Nc4ccccc4F)CC3)C2=O)cc1. The number of rotatable bonds is 4. The number of likely N-dealkylation sites (tertiary alicyclic amines) is 1. The topological polar surface area (TPSA) is 55.9 Å². The summed E-state index contributed by atoms with van der Waals surface area (Å²) in [4.78, 5) is 30.9. The van der Waals surface area contributed by atoms with E-state index in [4.69, 9.17) is 0 Å². The van der Waals surface area contributed by atoms with E-state index in [0.717, 1.165) is 31.5 Å². The minimum atomic E-state index is -0.447. The molecule has 4 amide bonds. The molecule has 30 heavy (non-hydrogen) atoms. The van der Waals surface area contributed by atoms with E-state index in [1.165, 1.54) is 11.6 Å². The number of benzene rings is 2. The van der Waals surface area contributed by atoms with Gasteiger partial charge in [0.1, 0.15) is 5.82 Å². The zero-order valence-corrected chi connectivity index (χ0v) is 17.2. The molecule has 1 N–H and O–H groups in total. The van der Waals surface area contributed by atoms with Gasteiger partial charge in [-0.05, 0) is 37.5 Å². The molecule has 0 unspecified atom stereocenters. The number of carbonyl (C=O) groups excluding carboxylic acids is 2. The number of halogens is 1. The van der Waals surface area contributed by atoms with E-state index in [-0.39, 0.29) is 23.8 Å². The fourth-order valence-electron chi connectivity index (χ4n) is 4.14. The molecule has 0 spiro atoms. The quantitative estimate of drug-likeness (QED) is 0.826. The fraction of sp³-hybridized carbons (Fsp3) is 0.391.